The van der Waals surface area contributed by atoms with Crippen LogP contribution < -0.4 is 24.8 Å². The molecule has 29 heavy (non-hydrogen) atoms. The number of hydrogen-bond donors (Lipinski definition) is 2. The first-order chi connectivity index (χ1) is 14.2. The maximum absolute atomic E-state index is 5.90. The van der Waals surface area contributed by atoms with Crippen molar-refractivity contribution in [3.63, 3.8) is 0 Å². The predicted molar refractivity (Wildman–Crippen MR) is 116 cm³/mol. The van der Waals surface area contributed by atoms with Gasteiger partial charge in [0.1, 0.15) is 0 Å². The van der Waals surface area contributed by atoms with E-state index in [1.807, 2.05) is 30.3 Å². The summed E-state index contributed by atoms with van der Waals surface area (Å²) in [4.78, 5) is 9.02. The molecule has 1 aromatic carbocycles. The average Bonchev–Trinajstić information content (AvgIpc) is 2.76. The van der Waals surface area contributed by atoms with Crippen LogP contribution in [-0.2, 0) is 6.54 Å². The van der Waals surface area contributed by atoms with E-state index in [1.54, 1.807) is 20.4 Å². The number of para-hydroxylation sites is 1. The molecule has 0 bridgehead atoms. The van der Waals surface area contributed by atoms with Gasteiger partial charge in [-0.15, -0.1) is 0 Å². The quantitative estimate of drug-likeness (QED) is 0.335. The van der Waals surface area contributed by atoms with Crippen LogP contribution in [0, 0.1) is 0 Å². The molecular formula is C22H32N4O3. The molecule has 0 aliphatic rings. The number of guanidine groups is 1. The van der Waals surface area contributed by atoms with Gasteiger partial charge in [0.25, 0.3) is 0 Å². The second-order valence-corrected chi connectivity index (χ2v) is 6.43. The van der Waals surface area contributed by atoms with Crippen molar-refractivity contribution in [2.45, 2.75) is 39.7 Å². The monoisotopic (exact) mass is 400 g/mol. The van der Waals surface area contributed by atoms with Crippen molar-refractivity contribution in [3.05, 3.63) is 42.1 Å². The van der Waals surface area contributed by atoms with E-state index in [-0.39, 0.29) is 0 Å². The molecule has 0 aliphatic heterocycles. The van der Waals surface area contributed by atoms with E-state index in [1.165, 1.54) is 12.8 Å². The molecule has 2 N–H and O–H groups in total. The predicted octanol–water partition coefficient (Wildman–Crippen LogP) is 4.14. The van der Waals surface area contributed by atoms with E-state index in [0.717, 1.165) is 31.0 Å². The Balaban J connectivity index is 2.01. The maximum atomic E-state index is 5.90. The third kappa shape index (κ3) is 7.18. The summed E-state index contributed by atoms with van der Waals surface area (Å²) in [5.74, 6) is 2.96. The fourth-order valence-electron chi connectivity index (χ4n) is 2.68. The van der Waals surface area contributed by atoms with Crippen LogP contribution in [0.15, 0.2) is 41.5 Å². The molecule has 158 valence electrons. The van der Waals surface area contributed by atoms with E-state index in [9.17, 15) is 0 Å². The van der Waals surface area contributed by atoms with Gasteiger partial charge in [0.15, 0.2) is 17.5 Å². The molecular weight excluding hydrogens is 368 g/mol. The largest absolute Gasteiger partial charge is 0.493 e. The molecule has 1 aromatic heterocycles. The van der Waals surface area contributed by atoms with Crippen molar-refractivity contribution >= 4 is 5.96 Å². The molecule has 0 radical (unpaired) electrons. The summed E-state index contributed by atoms with van der Waals surface area (Å²) in [6, 6.07) is 9.25. The van der Waals surface area contributed by atoms with Crippen LogP contribution in [0.2, 0.25) is 0 Å². The highest BCUT2D eigenvalue weighted by atomic mass is 16.5. The molecule has 0 aliphatic carbocycles. The molecule has 2 rings (SSSR count). The Morgan fingerprint density at radius 2 is 1.76 bits per heavy atom. The van der Waals surface area contributed by atoms with Crippen LogP contribution in [0.4, 0.5) is 0 Å². The Labute approximate surface area is 173 Å². The smallest absolute Gasteiger partial charge is 0.219 e. The van der Waals surface area contributed by atoms with Gasteiger partial charge in [-0.1, -0.05) is 31.9 Å². The number of nitrogens with one attached hydrogen (secondary N) is 2. The van der Waals surface area contributed by atoms with Crippen molar-refractivity contribution in [3.8, 4) is 23.1 Å². The van der Waals surface area contributed by atoms with E-state index in [4.69, 9.17) is 14.2 Å². The summed E-state index contributed by atoms with van der Waals surface area (Å²) in [7, 11) is 3.18. The second-order valence-electron chi connectivity index (χ2n) is 6.43. The zero-order valence-electron chi connectivity index (χ0n) is 17.8. The Kier molecular flexibility index (Phi) is 9.62. The number of rotatable bonds is 11. The van der Waals surface area contributed by atoms with Gasteiger partial charge < -0.3 is 24.8 Å². The van der Waals surface area contributed by atoms with Crippen molar-refractivity contribution in [1.82, 2.24) is 15.6 Å². The normalized spacial score (nSPS) is 11.1. The molecule has 7 heteroatoms. The van der Waals surface area contributed by atoms with Crippen LogP contribution in [0.5, 0.6) is 23.1 Å². The number of ether oxygens (including phenoxy) is 3. The molecule has 1 heterocycles. The number of aliphatic imine (C=N–C) groups is 1. The fourth-order valence-corrected chi connectivity index (χ4v) is 2.68. The summed E-state index contributed by atoms with van der Waals surface area (Å²) in [5.41, 5.74) is 0.995. The number of hydrogen-bond acceptors (Lipinski definition) is 5. The van der Waals surface area contributed by atoms with Crippen LogP contribution in [0.1, 0.15) is 38.7 Å². The minimum Gasteiger partial charge on any atom is -0.493 e. The van der Waals surface area contributed by atoms with Gasteiger partial charge in [0.05, 0.1) is 20.8 Å². The summed E-state index contributed by atoms with van der Waals surface area (Å²) >= 11 is 0. The third-order valence-corrected chi connectivity index (χ3v) is 4.22. The number of nitrogens with zero attached hydrogens (tertiary/aromatic N) is 2. The Morgan fingerprint density at radius 1 is 1.00 bits per heavy atom. The van der Waals surface area contributed by atoms with Gasteiger partial charge in [-0.25, -0.2) is 9.98 Å². The number of aromatic nitrogens is 1. The van der Waals surface area contributed by atoms with Crippen LogP contribution in [-0.4, -0.2) is 38.3 Å². The van der Waals surface area contributed by atoms with Crippen LogP contribution in [0.25, 0.3) is 0 Å². The summed E-state index contributed by atoms with van der Waals surface area (Å²) in [6.45, 7) is 6.54. The number of benzene rings is 1. The van der Waals surface area contributed by atoms with Gasteiger partial charge in [0, 0.05) is 25.4 Å². The number of methoxy groups -OCH3 is 2. The minimum atomic E-state index is 0.463. The fraction of sp³-hybridized carbons (Fsp3) is 0.455. The lowest BCUT2D eigenvalue weighted by atomic mass is 10.2. The number of pyridine rings is 1. The van der Waals surface area contributed by atoms with Crippen molar-refractivity contribution in [1.29, 1.82) is 0 Å². The first kappa shape index (κ1) is 22.3. The molecule has 0 fully saturated rings. The topological polar surface area (TPSA) is 77.0 Å². The summed E-state index contributed by atoms with van der Waals surface area (Å²) in [5, 5.41) is 6.63. The molecule has 0 spiro atoms. The third-order valence-electron chi connectivity index (χ3n) is 4.22. The van der Waals surface area contributed by atoms with E-state index in [2.05, 4.69) is 34.5 Å². The standard InChI is InChI=1S/C22H32N4O3/c1-5-7-8-14-24-22(23-6-2)26-16-17-12-13-20(25-15-17)29-21-18(27-3)10-9-11-19(21)28-4/h9-13,15H,5-8,14,16H2,1-4H3,(H2,23,24,26). The van der Waals surface area contributed by atoms with Gasteiger partial charge in [0.2, 0.25) is 11.6 Å². The van der Waals surface area contributed by atoms with E-state index in [0.29, 0.717) is 29.7 Å². The van der Waals surface area contributed by atoms with Crippen molar-refractivity contribution < 1.29 is 14.2 Å². The van der Waals surface area contributed by atoms with Crippen molar-refractivity contribution in [2.24, 2.45) is 4.99 Å². The molecule has 2 aromatic rings. The molecule has 7 nitrogen and oxygen atoms in total. The van der Waals surface area contributed by atoms with Gasteiger partial charge in [-0.3, -0.25) is 0 Å². The Bertz CT molecular complexity index is 741. The molecule has 0 atom stereocenters. The zero-order valence-corrected chi connectivity index (χ0v) is 17.8. The van der Waals surface area contributed by atoms with Crippen molar-refractivity contribution in [2.75, 3.05) is 27.3 Å². The lowest BCUT2D eigenvalue weighted by molar-refractivity contribution is 0.342. The molecule has 0 saturated heterocycles. The minimum absolute atomic E-state index is 0.463. The van der Waals surface area contributed by atoms with Gasteiger partial charge in [-0.05, 0) is 31.0 Å². The second kappa shape index (κ2) is 12.5. The zero-order chi connectivity index (χ0) is 20.9. The van der Waals surface area contributed by atoms with Gasteiger partial charge in [-0.2, -0.15) is 0 Å². The summed E-state index contributed by atoms with van der Waals surface area (Å²) < 4.78 is 16.6. The van der Waals surface area contributed by atoms with E-state index >= 15 is 0 Å². The van der Waals surface area contributed by atoms with Crippen LogP contribution in [0.3, 0.4) is 0 Å². The van der Waals surface area contributed by atoms with Crippen LogP contribution >= 0.6 is 0 Å². The highest BCUT2D eigenvalue weighted by Crippen LogP contribution is 2.39. The highest BCUT2D eigenvalue weighted by molar-refractivity contribution is 5.79. The Morgan fingerprint density at radius 3 is 2.34 bits per heavy atom. The molecule has 0 saturated carbocycles. The summed E-state index contributed by atoms with van der Waals surface area (Å²) in [6.07, 6.45) is 5.33. The van der Waals surface area contributed by atoms with Gasteiger partial charge >= 0.3 is 0 Å². The van der Waals surface area contributed by atoms with E-state index < -0.39 is 0 Å². The molecule has 0 unspecified atom stereocenters. The average molecular weight is 401 g/mol. The highest BCUT2D eigenvalue weighted by Gasteiger charge is 2.13. The first-order valence-corrected chi connectivity index (χ1v) is 10.1. The Hall–Kier alpha value is -2.96. The maximum Gasteiger partial charge on any atom is 0.219 e. The SMILES string of the molecule is CCCCCNC(=NCc1ccc(Oc2c(OC)cccc2OC)nc1)NCC. The lowest BCUT2D eigenvalue weighted by Crippen LogP contribution is -2.37. The molecule has 0 amide bonds. The number of unbranched alkanes of at least 4 members (excludes halogenated alkanes) is 2. The lowest BCUT2D eigenvalue weighted by Gasteiger charge is -2.13. The first-order valence-electron chi connectivity index (χ1n) is 10.1.